The number of hydrogen-bond donors (Lipinski definition) is 0. The van der Waals surface area contributed by atoms with Crippen LogP contribution in [-0.2, 0) is 14.3 Å². The summed E-state index contributed by atoms with van der Waals surface area (Å²) in [5.74, 6) is -0.467. The summed E-state index contributed by atoms with van der Waals surface area (Å²) in [5, 5.41) is 0. The molecule has 18 heavy (non-hydrogen) atoms. The van der Waals surface area contributed by atoms with E-state index in [1.807, 2.05) is 13.8 Å². The summed E-state index contributed by atoms with van der Waals surface area (Å²) >= 11 is 0. The van der Waals surface area contributed by atoms with E-state index in [-0.39, 0.29) is 13.0 Å². The van der Waals surface area contributed by atoms with Crippen molar-refractivity contribution in [3.63, 3.8) is 0 Å². The summed E-state index contributed by atoms with van der Waals surface area (Å²) in [7, 11) is -4.10. The zero-order valence-electron chi connectivity index (χ0n) is 10.8. The lowest BCUT2D eigenvalue weighted by molar-refractivity contribution is -0.196. The molecule has 0 N–H and O–H groups in total. The normalized spacial score (nSPS) is 15.1. The highest BCUT2D eigenvalue weighted by molar-refractivity contribution is 7.86. The monoisotopic (exact) mass is 291 g/mol. The van der Waals surface area contributed by atoms with E-state index in [9.17, 15) is 21.6 Å². The van der Waals surface area contributed by atoms with E-state index in [0.717, 1.165) is 0 Å². The van der Waals surface area contributed by atoms with Crippen LogP contribution in [-0.4, -0.2) is 51.0 Å². The molecule has 110 valence electrons. The van der Waals surface area contributed by atoms with Crippen LogP contribution < -0.4 is 0 Å². The summed E-state index contributed by atoms with van der Waals surface area (Å²) in [6.07, 6.45) is -7.32. The second-order valence-corrected chi connectivity index (χ2v) is 5.67. The van der Waals surface area contributed by atoms with Crippen molar-refractivity contribution in [1.82, 2.24) is 4.90 Å². The molecule has 1 atom stereocenters. The minimum Gasteiger partial charge on any atom is -0.304 e. The molecule has 0 amide bonds. The van der Waals surface area contributed by atoms with Gasteiger partial charge in [0.1, 0.15) is 0 Å². The largest absolute Gasteiger partial charge is 0.416 e. The number of halogens is 3. The lowest BCUT2D eigenvalue weighted by Crippen LogP contribution is -2.38. The van der Waals surface area contributed by atoms with Crippen molar-refractivity contribution < 1.29 is 25.8 Å². The first-order chi connectivity index (χ1) is 8.16. The average molecular weight is 291 g/mol. The molecule has 0 aliphatic rings. The van der Waals surface area contributed by atoms with E-state index < -0.39 is 28.2 Å². The van der Waals surface area contributed by atoms with Crippen molar-refractivity contribution in [3.05, 3.63) is 0 Å². The summed E-state index contributed by atoms with van der Waals surface area (Å²) < 4.78 is 64.3. The predicted octanol–water partition coefficient (Wildman–Crippen LogP) is 2.02. The first-order valence-electron chi connectivity index (χ1n) is 5.86. The quantitative estimate of drug-likeness (QED) is 0.642. The topological polar surface area (TPSA) is 46.6 Å². The second kappa shape index (κ2) is 7.30. The maximum atomic E-state index is 12.6. The van der Waals surface area contributed by atoms with E-state index in [0.29, 0.717) is 13.1 Å². The van der Waals surface area contributed by atoms with Gasteiger partial charge in [-0.25, -0.2) is 0 Å². The number of nitrogens with zero attached hydrogens (tertiary/aromatic N) is 1. The molecule has 0 heterocycles. The first kappa shape index (κ1) is 17.7. The lowest BCUT2D eigenvalue weighted by atomic mass is 10.2. The van der Waals surface area contributed by atoms with E-state index in [4.69, 9.17) is 0 Å². The molecule has 0 radical (unpaired) electrons. The molecule has 0 saturated carbocycles. The Labute approximate surface area is 106 Å². The van der Waals surface area contributed by atoms with Crippen molar-refractivity contribution in [1.29, 1.82) is 0 Å². The Balaban J connectivity index is 4.62. The van der Waals surface area contributed by atoms with Crippen molar-refractivity contribution in [2.24, 2.45) is 0 Å². The van der Waals surface area contributed by atoms with Gasteiger partial charge in [0, 0.05) is 6.54 Å². The van der Waals surface area contributed by atoms with Gasteiger partial charge >= 0.3 is 6.18 Å². The van der Waals surface area contributed by atoms with Crippen molar-refractivity contribution in [2.45, 2.75) is 39.5 Å². The Bertz CT molecular complexity index is 326. The first-order valence-corrected chi connectivity index (χ1v) is 7.44. The minimum atomic E-state index is -4.67. The maximum absolute atomic E-state index is 12.6. The van der Waals surface area contributed by atoms with Gasteiger partial charge < -0.3 is 4.90 Å². The molecule has 0 aromatic rings. The van der Waals surface area contributed by atoms with Gasteiger partial charge in [-0.1, -0.05) is 13.8 Å². The fourth-order valence-electron chi connectivity index (χ4n) is 1.35. The summed E-state index contributed by atoms with van der Waals surface area (Å²) in [6.45, 7) is 6.28. The third-order valence-corrected chi connectivity index (χ3v) is 3.82. The van der Waals surface area contributed by atoms with E-state index in [2.05, 4.69) is 4.18 Å². The molecule has 0 spiro atoms. The average Bonchev–Trinajstić information content (AvgIpc) is 2.27. The Morgan fingerprint density at radius 3 is 2.00 bits per heavy atom. The van der Waals surface area contributed by atoms with Crippen LogP contribution in [0.25, 0.3) is 0 Å². The third kappa shape index (κ3) is 6.55. The second-order valence-electron chi connectivity index (χ2n) is 3.79. The molecule has 8 heteroatoms. The van der Waals surface area contributed by atoms with Crippen LogP contribution in [0.3, 0.4) is 0 Å². The van der Waals surface area contributed by atoms with E-state index in [1.165, 1.54) is 6.92 Å². The molecule has 0 bridgehead atoms. The molecule has 0 saturated heterocycles. The summed E-state index contributed by atoms with van der Waals surface area (Å²) in [5.41, 5.74) is 0. The Morgan fingerprint density at radius 2 is 1.67 bits per heavy atom. The van der Waals surface area contributed by atoms with Crippen molar-refractivity contribution in [2.75, 3.05) is 25.4 Å². The zero-order valence-corrected chi connectivity index (χ0v) is 11.6. The fraction of sp³-hybridized carbons (Fsp3) is 1.00. The maximum Gasteiger partial charge on any atom is 0.416 e. The molecule has 0 fully saturated rings. The SMILES string of the molecule is CCN(CC)CCC(OS(=O)(=O)CC)C(F)(F)F. The van der Waals surface area contributed by atoms with Gasteiger partial charge in [0.15, 0.2) is 6.10 Å². The molecular formula is C10H20F3NO3S. The lowest BCUT2D eigenvalue weighted by Gasteiger charge is -2.24. The van der Waals surface area contributed by atoms with Gasteiger partial charge in [-0.05, 0) is 26.4 Å². The van der Waals surface area contributed by atoms with Gasteiger partial charge in [0.25, 0.3) is 10.1 Å². The van der Waals surface area contributed by atoms with Crippen LogP contribution in [0.2, 0.25) is 0 Å². The molecule has 0 aromatic carbocycles. The molecule has 0 aromatic heterocycles. The van der Waals surface area contributed by atoms with Crippen LogP contribution >= 0.6 is 0 Å². The highest BCUT2D eigenvalue weighted by Crippen LogP contribution is 2.27. The van der Waals surface area contributed by atoms with Crippen LogP contribution in [0, 0.1) is 0 Å². The fourth-order valence-corrected chi connectivity index (χ4v) is 2.05. The van der Waals surface area contributed by atoms with Crippen LogP contribution in [0.5, 0.6) is 0 Å². The van der Waals surface area contributed by atoms with E-state index >= 15 is 0 Å². The molecule has 0 rings (SSSR count). The van der Waals surface area contributed by atoms with Crippen LogP contribution in [0.15, 0.2) is 0 Å². The molecule has 1 unspecified atom stereocenters. The van der Waals surface area contributed by atoms with Gasteiger partial charge in [-0.15, -0.1) is 0 Å². The number of rotatable bonds is 8. The van der Waals surface area contributed by atoms with Gasteiger partial charge in [0.05, 0.1) is 5.75 Å². The summed E-state index contributed by atoms with van der Waals surface area (Å²) in [6, 6.07) is 0. The van der Waals surface area contributed by atoms with Crippen molar-refractivity contribution in [3.8, 4) is 0 Å². The van der Waals surface area contributed by atoms with Crippen LogP contribution in [0.4, 0.5) is 13.2 Å². The van der Waals surface area contributed by atoms with Gasteiger partial charge in [-0.3, -0.25) is 4.18 Å². The standard InChI is InChI=1S/C10H20F3NO3S/c1-4-14(5-2)8-7-9(10(11,12)13)17-18(15,16)6-3/h9H,4-8H2,1-3H3. The van der Waals surface area contributed by atoms with Gasteiger partial charge in [0.2, 0.25) is 0 Å². The van der Waals surface area contributed by atoms with Crippen molar-refractivity contribution >= 4 is 10.1 Å². The smallest absolute Gasteiger partial charge is 0.304 e. The highest BCUT2D eigenvalue weighted by atomic mass is 32.2. The molecule has 4 nitrogen and oxygen atoms in total. The highest BCUT2D eigenvalue weighted by Gasteiger charge is 2.43. The van der Waals surface area contributed by atoms with E-state index in [1.54, 1.807) is 4.90 Å². The third-order valence-electron chi connectivity index (χ3n) is 2.58. The molecule has 0 aliphatic carbocycles. The molecular weight excluding hydrogens is 271 g/mol. The molecule has 0 aliphatic heterocycles. The van der Waals surface area contributed by atoms with Crippen LogP contribution in [0.1, 0.15) is 27.2 Å². The summed E-state index contributed by atoms with van der Waals surface area (Å²) in [4.78, 5) is 1.78. The minimum absolute atomic E-state index is 0.149. The number of hydrogen-bond acceptors (Lipinski definition) is 4. The Morgan fingerprint density at radius 1 is 1.17 bits per heavy atom. The predicted molar refractivity (Wildman–Crippen MR) is 62.8 cm³/mol. The number of alkyl halides is 3. The zero-order chi connectivity index (χ0) is 14.4. The Kier molecular flexibility index (Phi) is 7.16. The van der Waals surface area contributed by atoms with Gasteiger partial charge in [-0.2, -0.15) is 21.6 Å². The Hall–Kier alpha value is -0.340.